The lowest BCUT2D eigenvalue weighted by atomic mass is 9.84. The number of carbonyl (C=O) groups excluding carboxylic acids is 1. The molecule has 0 aliphatic carbocycles. The number of piperazine rings is 1. The number of benzene rings is 1. The molecular weight excluding hydrogens is 429 g/mol. The number of rotatable bonds is 5. The minimum absolute atomic E-state index is 0.284. The molecule has 1 aromatic carbocycles. The summed E-state index contributed by atoms with van der Waals surface area (Å²) in [4.78, 5) is 30.4. The van der Waals surface area contributed by atoms with E-state index in [1.807, 2.05) is 48.4 Å². The largest absolute Gasteiger partial charge is 0.437 e. The average Bonchev–Trinajstić information content (AvgIpc) is 3.24. The lowest BCUT2D eigenvalue weighted by Crippen LogP contribution is -2.51. The number of pyridine rings is 1. The van der Waals surface area contributed by atoms with Gasteiger partial charge in [-0.25, -0.2) is 9.97 Å². The van der Waals surface area contributed by atoms with Gasteiger partial charge in [-0.05, 0) is 43.2 Å². The van der Waals surface area contributed by atoms with E-state index in [2.05, 4.69) is 29.7 Å². The van der Waals surface area contributed by atoms with E-state index in [0.29, 0.717) is 11.5 Å². The van der Waals surface area contributed by atoms with E-state index in [4.69, 9.17) is 0 Å². The van der Waals surface area contributed by atoms with Crippen LogP contribution in [0.25, 0.3) is 22.3 Å². The van der Waals surface area contributed by atoms with Gasteiger partial charge in [0.25, 0.3) is 5.91 Å². The molecule has 10 heteroatoms. The number of nitrogens with zero attached hydrogens (tertiary/aromatic N) is 6. The molecule has 4 aromatic rings. The van der Waals surface area contributed by atoms with E-state index < -0.39 is 7.05 Å². The summed E-state index contributed by atoms with van der Waals surface area (Å²) in [5, 5.41) is 13.9. The van der Waals surface area contributed by atoms with Gasteiger partial charge in [0.1, 0.15) is 5.69 Å². The zero-order valence-electron chi connectivity index (χ0n) is 19.2. The molecular formula is C24H26BN7O2. The van der Waals surface area contributed by atoms with Crippen LogP contribution in [0.15, 0.2) is 61.2 Å². The zero-order chi connectivity index (χ0) is 23.7. The molecule has 0 saturated carbocycles. The van der Waals surface area contributed by atoms with Crippen molar-refractivity contribution in [3.8, 4) is 11.4 Å². The molecule has 4 heterocycles. The van der Waals surface area contributed by atoms with Gasteiger partial charge in [-0.1, -0.05) is 0 Å². The van der Waals surface area contributed by atoms with Gasteiger partial charge in [-0.2, -0.15) is 0 Å². The molecule has 172 valence electrons. The summed E-state index contributed by atoms with van der Waals surface area (Å²) in [6.07, 6.45) is 6.98. The van der Waals surface area contributed by atoms with Gasteiger partial charge < -0.3 is 24.6 Å². The summed E-state index contributed by atoms with van der Waals surface area (Å²) in [5.74, 6) is 0.181. The fourth-order valence-electron chi connectivity index (χ4n) is 4.33. The highest BCUT2D eigenvalue weighted by molar-refractivity contribution is 6.45. The van der Waals surface area contributed by atoms with Crippen molar-refractivity contribution in [1.82, 2.24) is 24.3 Å². The first-order chi connectivity index (χ1) is 16.5. The third kappa shape index (κ3) is 4.37. The first kappa shape index (κ1) is 22.1. The third-order valence-electron chi connectivity index (χ3n) is 6.26. The van der Waals surface area contributed by atoms with Crippen LogP contribution in [-0.2, 0) is 7.05 Å². The average molecular weight is 455 g/mol. The Morgan fingerprint density at radius 3 is 2.71 bits per heavy atom. The summed E-state index contributed by atoms with van der Waals surface area (Å²) in [6.45, 7) is 4.76. The predicted octanol–water partition coefficient (Wildman–Crippen LogP) is 2.51. The Labute approximate surface area is 198 Å². The van der Waals surface area contributed by atoms with Crippen LogP contribution in [0.3, 0.4) is 0 Å². The molecule has 0 bridgehead atoms. The Kier molecular flexibility index (Phi) is 6.00. The summed E-state index contributed by atoms with van der Waals surface area (Å²) in [5.41, 5.74) is 3.79. The van der Waals surface area contributed by atoms with Crippen molar-refractivity contribution in [1.29, 1.82) is 0 Å². The van der Waals surface area contributed by atoms with Crippen molar-refractivity contribution in [2.45, 2.75) is 6.82 Å². The summed E-state index contributed by atoms with van der Waals surface area (Å²) in [6, 6.07) is 11.6. The highest BCUT2D eigenvalue weighted by Crippen LogP contribution is 2.27. The lowest BCUT2D eigenvalue weighted by molar-refractivity contribution is 0.102. The van der Waals surface area contributed by atoms with E-state index in [1.165, 1.54) is 0 Å². The second-order valence-corrected chi connectivity index (χ2v) is 8.47. The minimum Gasteiger partial charge on any atom is -0.437 e. The van der Waals surface area contributed by atoms with Crippen LogP contribution < -0.4 is 10.2 Å². The van der Waals surface area contributed by atoms with E-state index in [0.717, 1.165) is 48.3 Å². The van der Waals surface area contributed by atoms with Crippen LogP contribution in [-0.4, -0.2) is 68.5 Å². The standard InChI is InChI=1S/C24H26BN7O2/c1-25(34)32-13-11-31(12-14-32)22-6-8-26-16-20(22)29-24(33)19-5-9-27-23(28-19)18-3-4-21-17(15-18)7-10-30(21)2/h3-10,15-16,34H,11-14H2,1-2H3,(H,29,33). The Morgan fingerprint density at radius 2 is 1.91 bits per heavy atom. The fourth-order valence-corrected chi connectivity index (χ4v) is 4.33. The van der Waals surface area contributed by atoms with Gasteiger partial charge in [0.15, 0.2) is 5.82 Å². The van der Waals surface area contributed by atoms with E-state index >= 15 is 0 Å². The minimum atomic E-state index is -0.465. The number of fused-ring (bicyclic) bond motifs is 1. The topological polar surface area (TPSA) is 99.4 Å². The number of hydrogen-bond acceptors (Lipinski definition) is 7. The number of hydrogen-bond donors (Lipinski definition) is 2. The molecule has 1 aliphatic rings. The number of anilines is 2. The number of aryl methyl sites for hydroxylation is 1. The SMILES string of the molecule is CB(O)N1CCN(c2ccncc2NC(=O)c2ccnc(-c3ccc4c(ccn4C)c3)n2)CC1. The molecule has 34 heavy (non-hydrogen) atoms. The van der Waals surface area contributed by atoms with Crippen LogP contribution >= 0.6 is 0 Å². The Hall–Kier alpha value is -3.76. The number of aromatic nitrogens is 4. The van der Waals surface area contributed by atoms with Crippen molar-refractivity contribution in [2.24, 2.45) is 7.05 Å². The Balaban J connectivity index is 1.35. The number of nitrogens with one attached hydrogen (secondary N) is 1. The van der Waals surface area contributed by atoms with E-state index in [9.17, 15) is 9.82 Å². The quantitative estimate of drug-likeness (QED) is 0.446. The summed E-state index contributed by atoms with van der Waals surface area (Å²) in [7, 11) is 1.54. The van der Waals surface area contributed by atoms with Crippen LogP contribution in [0, 0.1) is 0 Å². The van der Waals surface area contributed by atoms with Gasteiger partial charge in [0.2, 0.25) is 0 Å². The van der Waals surface area contributed by atoms with Crippen LogP contribution in [0.4, 0.5) is 11.4 Å². The first-order valence-corrected chi connectivity index (χ1v) is 11.3. The summed E-state index contributed by atoms with van der Waals surface area (Å²) >= 11 is 0. The maximum atomic E-state index is 13.1. The lowest BCUT2D eigenvalue weighted by Gasteiger charge is -2.37. The van der Waals surface area contributed by atoms with Gasteiger partial charge in [0, 0.05) is 68.3 Å². The highest BCUT2D eigenvalue weighted by atomic mass is 16.2. The maximum absolute atomic E-state index is 13.1. The van der Waals surface area contributed by atoms with Crippen molar-refractivity contribution in [3.63, 3.8) is 0 Å². The van der Waals surface area contributed by atoms with Crippen molar-refractivity contribution < 1.29 is 9.82 Å². The molecule has 5 rings (SSSR count). The predicted molar refractivity (Wildman–Crippen MR) is 134 cm³/mol. The van der Waals surface area contributed by atoms with Crippen LogP contribution in [0.5, 0.6) is 0 Å². The molecule has 2 N–H and O–H groups in total. The Bertz CT molecular complexity index is 1330. The molecule has 3 aromatic heterocycles. The third-order valence-corrected chi connectivity index (χ3v) is 6.26. The Morgan fingerprint density at radius 1 is 1.09 bits per heavy atom. The van der Waals surface area contributed by atoms with E-state index in [1.54, 1.807) is 31.5 Å². The maximum Gasteiger partial charge on any atom is 0.376 e. The molecule has 0 atom stereocenters. The van der Waals surface area contributed by atoms with E-state index in [-0.39, 0.29) is 11.6 Å². The van der Waals surface area contributed by atoms with Crippen LogP contribution in [0.2, 0.25) is 6.82 Å². The van der Waals surface area contributed by atoms with Gasteiger partial charge >= 0.3 is 7.05 Å². The molecule has 1 aliphatic heterocycles. The first-order valence-electron chi connectivity index (χ1n) is 11.3. The molecule has 0 spiro atoms. The van der Waals surface area contributed by atoms with Gasteiger partial charge in [0.05, 0.1) is 17.6 Å². The van der Waals surface area contributed by atoms with Gasteiger partial charge in [-0.15, -0.1) is 0 Å². The zero-order valence-corrected chi connectivity index (χ0v) is 19.2. The second kappa shape index (κ2) is 9.24. The fraction of sp³-hybridized carbons (Fsp3) is 0.250. The molecule has 0 radical (unpaired) electrons. The molecule has 9 nitrogen and oxygen atoms in total. The number of amides is 1. The number of carbonyl (C=O) groups is 1. The van der Waals surface area contributed by atoms with Crippen molar-refractivity contribution >= 4 is 35.2 Å². The highest BCUT2D eigenvalue weighted by Gasteiger charge is 2.24. The van der Waals surface area contributed by atoms with Crippen molar-refractivity contribution in [3.05, 3.63) is 66.9 Å². The smallest absolute Gasteiger partial charge is 0.376 e. The molecule has 0 unspecified atom stereocenters. The van der Waals surface area contributed by atoms with Crippen LogP contribution in [0.1, 0.15) is 10.5 Å². The summed E-state index contributed by atoms with van der Waals surface area (Å²) < 4.78 is 2.06. The molecule has 1 fully saturated rings. The van der Waals surface area contributed by atoms with Gasteiger partial charge in [-0.3, -0.25) is 9.78 Å². The van der Waals surface area contributed by atoms with Crippen molar-refractivity contribution in [2.75, 3.05) is 36.4 Å². The molecule has 1 amide bonds. The molecule has 1 saturated heterocycles. The normalized spacial score (nSPS) is 14.4. The monoisotopic (exact) mass is 455 g/mol. The second-order valence-electron chi connectivity index (χ2n) is 8.47.